The van der Waals surface area contributed by atoms with Crippen LogP contribution >= 0.6 is 0 Å². The molecule has 0 saturated carbocycles. The van der Waals surface area contributed by atoms with E-state index < -0.39 is 0 Å². The average Bonchev–Trinajstić information content (AvgIpc) is 2.84. The largest absolute Gasteiger partial charge is 0.352 e. The van der Waals surface area contributed by atoms with Gasteiger partial charge in [0.25, 0.3) is 0 Å². The van der Waals surface area contributed by atoms with E-state index in [0.717, 1.165) is 16.5 Å². The van der Waals surface area contributed by atoms with Crippen molar-refractivity contribution in [2.45, 2.75) is 6.92 Å². The SMILES string of the molecule is Cc1cccc2cc(C(=O)c3ccccc3)[nH]c12. The second-order valence-corrected chi connectivity index (χ2v) is 4.42. The summed E-state index contributed by atoms with van der Waals surface area (Å²) in [4.78, 5) is 15.5. The number of para-hydroxylation sites is 1. The molecule has 3 aromatic rings. The highest BCUT2D eigenvalue weighted by atomic mass is 16.1. The Bertz CT molecular complexity index is 710. The van der Waals surface area contributed by atoms with Gasteiger partial charge in [0.15, 0.2) is 0 Å². The zero-order valence-corrected chi connectivity index (χ0v) is 10.1. The smallest absolute Gasteiger partial charge is 0.209 e. The number of carbonyl (C=O) groups is 1. The lowest BCUT2D eigenvalue weighted by Crippen LogP contribution is -2.00. The second-order valence-electron chi connectivity index (χ2n) is 4.42. The quantitative estimate of drug-likeness (QED) is 0.675. The van der Waals surface area contributed by atoms with Gasteiger partial charge in [0.2, 0.25) is 5.78 Å². The van der Waals surface area contributed by atoms with Crippen LogP contribution in [0.25, 0.3) is 10.9 Å². The Labute approximate surface area is 105 Å². The summed E-state index contributed by atoms with van der Waals surface area (Å²) in [5, 5.41) is 1.08. The maximum absolute atomic E-state index is 12.3. The number of carbonyl (C=O) groups excluding carboxylic acids is 1. The van der Waals surface area contributed by atoms with Gasteiger partial charge in [0.1, 0.15) is 0 Å². The minimum Gasteiger partial charge on any atom is -0.352 e. The lowest BCUT2D eigenvalue weighted by atomic mass is 10.1. The zero-order chi connectivity index (χ0) is 12.5. The van der Waals surface area contributed by atoms with Crippen molar-refractivity contribution in [2.75, 3.05) is 0 Å². The van der Waals surface area contributed by atoms with Crippen molar-refractivity contribution in [1.82, 2.24) is 4.98 Å². The highest BCUT2D eigenvalue weighted by molar-refractivity contribution is 6.10. The van der Waals surface area contributed by atoms with Crippen molar-refractivity contribution < 1.29 is 4.79 Å². The highest BCUT2D eigenvalue weighted by Gasteiger charge is 2.12. The average molecular weight is 235 g/mol. The Balaban J connectivity index is 2.10. The zero-order valence-electron chi connectivity index (χ0n) is 10.1. The molecule has 0 spiro atoms. The van der Waals surface area contributed by atoms with Crippen LogP contribution < -0.4 is 0 Å². The van der Waals surface area contributed by atoms with Gasteiger partial charge in [-0.25, -0.2) is 0 Å². The molecule has 2 heteroatoms. The number of hydrogen-bond donors (Lipinski definition) is 1. The van der Waals surface area contributed by atoms with Gasteiger partial charge in [0, 0.05) is 16.5 Å². The molecule has 0 atom stereocenters. The molecule has 0 unspecified atom stereocenters. The first kappa shape index (κ1) is 10.8. The topological polar surface area (TPSA) is 32.9 Å². The van der Waals surface area contributed by atoms with Crippen LogP contribution in [0, 0.1) is 6.92 Å². The Hall–Kier alpha value is -2.35. The van der Waals surface area contributed by atoms with Crippen molar-refractivity contribution in [3.8, 4) is 0 Å². The number of benzene rings is 2. The fourth-order valence-electron chi connectivity index (χ4n) is 2.18. The number of hydrogen-bond acceptors (Lipinski definition) is 1. The van der Waals surface area contributed by atoms with Gasteiger partial charge < -0.3 is 4.98 Å². The Kier molecular flexibility index (Phi) is 2.49. The molecule has 2 aromatic carbocycles. The van der Waals surface area contributed by atoms with E-state index in [9.17, 15) is 4.79 Å². The third-order valence-corrected chi connectivity index (χ3v) is 3.15. The lowest BCUT2D eigenvalue weighted by molar-refractivity contribution is 0.103. The molecule has 1 aromatic heterocycles. The van der Waals surface area contributed by atoms with Crippen molar-refractivity contribution >= 4 is 16.7 Å². The number of ketones is 1. The molecule has 0 aliphatic rings. The Morgan fingerprint density at radius 2 is 1.78 bits per heavy atom. The maximum atomic E-state index is 12.3. The molecular weight excluding hydrogens is 222 g/mol. The normalized spacial score (nSPS) is 10.7. The molecule has 0 radical (unpaired) electrons. The maximum Gasteiger partial charge on any atom is 0.209 e. The molecule has 0 fully saturated rings. The number of aromatic nitrogens is 1. The van der Waals surface area contributed by atoms with Gasteiger partial charge in [-0.1, -0.05) is 48.5 Å². The van der Waals surface area contributed by atoms with Crippen molar-refractivity contribution in [2.24, 2.45) is 0 Å². The number of aryl methyl sites for hydroxylation is 1. The van der Waals surface area contributed by atoms with Gasteiger partial charge >= 0.3 is 0 Å². The van der Waals surface area contributed by atoms with Crippen LogP contribution in [0.4, 0.5) is 0 Å². The molecular formula is C16H13NO. The van der Waals surface area contributed by atoms with Crippen molar-refractivity contribution in [1.29, 1.82) is 0 Å². The summed E-state index contributed by atoms with van der Waals surface area (Å²) in [6.07, 6.45) is 0. The first-order valence-electron chi connectivity index (χ1n) is 5.94. The third kappa shape index (κ3) is 1.72. The molecule has 0 saturated heterocycles. The molecule has 18 heavy (non-hydrogen) atoms. The first-order chi connectivity index (χ1) is 8.75. The van der Waals surface area contributed by atoms with E-state index in [2.05, 4.69) is 4.98 Å². The lowest BCUT2D eigenvalue weighted by Gasteiger charge is -1.97. The Morgan fingerprint density at radius 1 is 1.00 bits per heavy atom. The van der Waals surface area contributed by atoms with Crippen LogP contribution in [0.1, 0.15) is 21.6 Å². The number of fused-ring (bicyclic) bond motifs is 1. The minimum atomic E-state index is 0.0335. The summed E-state index contributed by atoms with van der Waals surface area (Å²) < 4.78 is 0. The summed E-state index contributed by atoms with van der Waals surface area (Å²) in [6.45, 7) is 2.04. The van der Waals surface area contributed by atoms with Crippen LogP contribution in [0.3, 0.4) is 0 Å². The number of nitrogens with one attached hydrogen (secondary N) is 1. The number of aromatic amines is 1. The van der Waals surface area contributed by atoms with Crippen molar-refractivity contribution in [3.63, 3.8) is 0 Å². The molecule has 0 aliphatic carbocycles. The van der Waals surface area contributed by atoms with Gasteiger partial charge in [0.05, 0.1) is 5.69 Å². The summed E-state index contributed by atoms with van der Waals surface area (Å²) >= 11 is 0. The van der Waals surface area contributed by atoms with E-state index >= 15 is 0 Å². The second kappa shape index (κ2) is 4.15. The first-order valence-corrected chi connectivity index (χ1v) is 5.94. The number of rotatable bonds is 2. The summed E-state index contributed by atoms with van der Waals surface area (Å²) in [6, 6.07) is 17.3. The predicted molar refractivity (Wildman–Crippen MR) is 72.9 cm³/mol. The van der Waals surface area contributed by atoms with Crippen LogP contribution in [0.2, 0.25) is 0 Å². The van der Waals surface area contributed by atoms with Gasteiger partial charge in [-0.05, 0) is 18.6 Å². The van der Waals surface area contributed by atoms with Crippen LogP contribution in [-0.4, -0.2) is 10.8 Å². The molecule has 0 aliphatic heterocycles. The van der Waals surface area contributed by atoms with E-state index in [1.54, 1.807) is 0 Å². The fraction of sp³-hybridized carbons (Fsp3) is 0.0625. The van der Waals surface area contributed by atoms with E-state index in [1.807, 2.05) is 61.5 Å². The van der Waals surface area contributed by atoms with Crippen molar-refractivity contribution in [3.05, 3.63) is 71.4 Å². The molecule has 0 amide bonds. The summed E-state index contributed by atoms with van der Waals surface area (Å²) in [5.41, 5.74) is 3.55. The summed E-state index contributed by atoms with van der Waals surface area (Å²) in [5.74, 6) is 0.0335. The van der Waals surface area contributed by atoms with Crippen LogP contribution in [0.15, 0.2) is 54.6 Å². The van der Waals surface area contributed by atoms with Crippen LogP contribution in [0.5, 0.6) is 0 Å². The van der Waals surface area contributed by atoms with E-state index in [0.29, 0.717) is 11.3 Å². The number of H-pyrrole nitrogens is 1. The standard InChI is InChI=1S/C16H13NO/c1-11-6-5-9-13-10-14(17-15(11)13)16(18)12-7-3-2-4-8-12/h2-10,17H,1H3. The molecule has 1 N–H and O–H groups in total. The van der Waals surface area contributed by atoms with E-state index in [4.69, 9.17) is 0 Å². The molecule has 0 bridgehead atoms. The van der Waals surface area contributed by atoms with E-state index in [1.165, 1.54) is 0 Å². The van der Waals surface area contributed by atoms with Gasteiger partial charge in [-0.3, -0.25) is 4.79 Å². The van der Waals surface area contributed by atoms with E-state index in [-0.39, 0.29) is 5.78 Å². The van der Waals surface area contributed by atoms with Gasteiger partial charge in [-0.15, -0.1) is 0 Å². The third-order valence-electron chi connectivity index (χ3n) is 3.15. The fourth-order valence-corrected chi connectivity index (χ4v) is 2.18. The monoisotopic (exact) mass is 235 g/mol. The van der Waals surface area contributed by atoms with Crippen LogP contribution in [-0.2, 0) is 0 Å². The Morgan fingerprint density at radius 3 is 2.50 bits per heavy atom. The minimum absolute atomic E-state index is 0.0335. The molecule has 1 heterocycles. The van der Waals surface area contributed by atoms with Gasteiger partial charge in [-0.2, -0.15) is 0 Å². The molecule has 88 valence electrons. The predicted octanol–water partition coefficient (Wildman–Crippen LogP) is 3.71. The summed E-state index contributed by atoms with van der Waals surface area (Å²) in [7, 11) is 0. The molecule has 2 nitrogen and oxygen atoms in total. The molecule has 3 rings (SSSR count). The highest BCUT2D eigenvalue weighted by Crippen LogP contribution is 2.20.